The highest BCUT2D eigenvalue weighted by molar-refractivity contribution is 5.75. The molecular formula is C11H12O3. The van der Waals surface area contributed by atoms with Gasteiger partial charge in [-0.15, -0.1) is 0 Å². The number of hydrogen-bond acceptors (Lipinski definition) is 2. The molecular weight excluding hydrogens is 180 g/mol. The monoisotopic (exact) mass is 192 g/mol. The zero-order valence-electron chi connectivity index (χ0n) is 7.93. The molecule has 1 saturated carbocycles. The van der Waals surface area contributed by atoms with Gasteiger partial charge in [-0.2, -0.15) is 0 Å². The predicted molar refractivity (Wildman–Crippen MR) is 51.5 cm³/mol. The van der Waals surface area contributed by atoms with Gasteiger partial charge in [0, 0.05) is 0 Å². The maximum atomic E-state index is 10.6. The third-order valence-corrected chi connectivity index (χ3v) is 2.65. The highest BCUT2D eigenvalue weighted by Gasteiger charge is 2.43. The topological polar surface area (TPSA) is 46.5 Å². The van der Waals surface area contributed by atoms with E-state index in [9.17, 15) is 4.79 Å². The third kappa shape index (κ3) is 1.58. The fourth-order valence-corrected chi connectivity index (χ4v) is 1.69. The molecule has 1 fully saturated rings. The molecule has 0 radical (unpaired) electrons. The number of benzene rings is 1. The highest BCUT2D eigenvalue weighted by Crippen LogP contribution is 2.47. The Hall–Kier alpha value is -1.51. The van der Waals surface area contributed by atoms with Crippen LogP contribution >= 0.6 is 0 Å². The first-order chi connectivity index (χ1) is 6.72. The van der Waals surface area contributed by atoms with Crippen molar-refractivity contribution in [2.45, 2.75) is 12.3 Å². The van der Waals surface area contributed by atoms with Crippen molar-refractivity contribution in [2.24, 2.45) is 5.92 Å². The van der Waals surface area contributed by atoms with Crippen molar-refractivity contribution >= 4 is 5.97 Å². The fraction of sp³-hybridized carbons (Fsp3) is 0.364. The number of rotatable bonds is 3. The largest absolute Gasteiger partial charge is 0.497 e. The minimum Gasteiger partial charge on any atom is -0.497 e. The van der Waals surface area contributed by atoms with Crippen LogP contribution in [-0.4, -0.2) is 18.2 Å². The Bertz CT molecular complexity index is 342. The maximum absolute atomic E-state index is 10.6. The number of aliphatic carboxylic acids is 1. The van der Waals surface area contributed by atoms with Crippen LogP contribution in [0, 0.1) is 5.92 Å². The second-order valence-electron chi connectivity index (χ2n) is 3.56. The molecule has 1 aromatic carbocycles. The zero-order chi connectivity index (χ0) is 10.1. The van der Waals surface area contributed by atoms with E-state index in [1.165, 1.54) is 0 Å². The quantitative estimate of drug-likeness (QED) is 0.795. The van der Waals surface area contributed by atoms with Crippen molar-refractivity contribution in [3.63, 3.8) is 0 Å². The smallest absolute Gasteiger partial charge is 0.307 e. The van der Waals surface area contributed by atoms with E-state index in [-0.39, 0.29) is 11.8 Å². The molecule has 2 rings (SSSR count). The fourth-order valence-electron chi connectivity index (χ4n) is 1.69. The Morgan fingerprint density at radius 2 is 2.07 bits per heavy atom. The van der Waals surface area contributed by atoms with Crippen LogP contribution in [0.1, 0.15) is 17.9 Å². The number of carboxylic acids is 1. The molecule has 1 aromatic rings. The van der Waals surface area contributed by atoms with Crippen LogP contribution in [0.15, 0.2) is 24.3 Å². The highest BCUT2D eigenvalue weighted by atomic mass is 16.5. The van der Waals surface area contributed by atoms with Crippen molar-refractivity contribution in [1.29, 1.82) is 0 Å². The molecule has 0 aliphatic heterocycles. The lowest BCUT2D eigenvalue weighted by Gasteiger charge is -2.01. The van der Waals surface area contributed by atoms with Crippen molar-refractivity contribution in [3.05, 3.63) is 29.8 Å². The number of methoxy groups -OCH3 is 1. The molecule has 3 heteroatoms. The summed E-state index contributed by atoms with van der Waals surface area (Å²) >= 11 is 0. The lowest BCUT2D eigenvalue weighted by atomic mass is 10.1. The van der Waals surface area contributed by atoms with E-state index >= 15 is 0 Å². The Morgan fingerprint density at radius 3 is 2.50 bits per heavy atom. The van der Waals surface area contributed by atoms with Gasteiger partial charge in [-0.25, -0.2) is 0 Å². The van der Waals surface area contributed by atoms with E-state index in [1.807, 2.05) is 24.3 Å². The van der Waals surface area contributed by atoms with E-state index in [2.05, 4.69) is 0 Å². The van der Waals surface area contributed by atoms with E-state index in [1.54, 1.807) is 7.11 Å². The van der Waals surface area contributed by atoms with Crippen LogP contribution < -0.4 is 4.74 Å². The molecule has 1 aliphatic rings. The summed E-state index contributed by atoms with van der Waals surface area (Å²) < 4.78 is 5.03. The average Bonchev–Trinajstić information content (AvgIpc) is 2.97. The molecule has 0 aromatic heterocycles. The van der Waals surface area contributed by atoms with Gasteiger partial charge in [-0.3, -0.25) is 4.79 Å². The lowest BCUT2D eigenvalue weighted by molar-refractivity contribution is -0.138. The number of hydrogen-bond donors (Lipinski definition) is 1. The van der Waals surface area contributed by atoms with E-state index in [0.29, 0.717) is 0 Å². The second-order valence-corrected chi connectivity index (χ2v) is 3.56. The summed E-state index contributed by atoms with van der Waals surface area (Å²) in [6.07, 6.45) is 0.766. The van der Waals surface area contributed by atoms with Gasteiger partial charge in [0.25, 0.3) is 0 Å². The lowest BCUT2D eigenvalue weighted by Crippen LogP contribution is -1.98. The normalized spacial score (nSPS) is 24.4. The third-order valence-electron chi connectivity index (χ3n) is 2.65. The van der Waals surface area contributed by atoms with Gasteiger partial charge in [0.15, 0.2) is 0 Å². The van der Waals surface area contributed by atoms with Crippen LogP contribution in [0.2, 0.25) is 0 Å². The summed E-state index contributed by atoms with van der Waals surface area (Å²) in [7, 11) is 1.62. The minimum absolute atomic E-state index is 0.177. The van der Waals surface area contributed by atoms with Crippen LogP contribution in [0.3, 0.4) is 0 Å². The molecule has 2 atom stereocenters. The van der Waals surface area contributed by atoms with Crippen molar-refractivity contribution in [2.75, 3.05) is 7.11 Å². The average molecular weight is 192 g/mol. The molecule has 0 bridgehead atoms. The Balaban J connectivity index is 2.08. The van der Waals surface area contributed by atoms with Gasteiger partial charge in [-0.1, -0.05) is 12.1 Å². The van der Waals surface area contributed by atoms with Crippen LogP contribution in [0.25, 0.3) is 0 Å². The first kappa shape index (κ1) is 9.06. The second kappa shape index (κ2) is 3.33. The van der Waals surface area contributed by atoms with Crippen LogP contribution in [0.4, 0.5) is 0 Å². The molecule has 0 heterocycles. The standard InChI is InChI=1S/C11H12O3/c1-14-8-4-2-7(3-5-8)9-6-10(9)11(12)13/h2-5,9-10H,6H2,1H3,(H,12,13). The van der Waals surface area contributed by atoms with Gasteiger partial charge in [0.2, 0.25) is 0 Å². The zero-order valence-corrected chi connectivity index (χ0v) is 7.93. The molecule has 1 aliphatic carbocycles. The SMILES string of the molecule is COc1ccc(C2CC2C(=O)O)cc1. The first-order valence-electron chi connectivity index (χ1n) is 4.59. The molecule has 0 saturated heterocycles. The van der Waals surface area contributed by atoms with Crippen molar-refractivity contribution in [1.82, 2.24) is 0 Å². The van der Waals surface area contributed by atoms with Crippen molar-refractivity contribution in [3.8, 4) is 5.75 Å². The Morgan fingerprint density at radius 1 is 1.43 bits per heavy atom. The maximum Gasteiger partial charge on any atom is 0.307 e. The summed E-state index contributed by atoms with van der Waals surface area (Å²) in [5, 5.41) is 8.76. The predicted octanol–water partition coefficient (Wildman–Crippen LogP) is 1.88. The molecule has 2 unspecified atom stereocenters. The van der Waals surface area contributed by atoms with Crippen LogP contribution in [-0.2, 0) is 4.79 Å². The number of carboxylic acid groups (broad SMARTS) is 1. The van der Waals surface area contributed by atoms with Crippen molar-refractivity contribution < 1.29 is 14.6 Å². The summed E-state index contributed by atoms with van der Waals surface area (Å²) in [5.74, 6) is 0.147. The molecule has 1 N–H and O–H groups in total. The summed E-state index contributed by atoms with van der Waals surface area (Å²) in [5.41, 5.74) is 1.10. The van der Waals surface area contributed by atoms with E-state index in [0.717, 1.165) is 17.7 Å². The first-order valence-corrected chi connectivity index (χ1v) is 4.59. The van der Waals surface area contributed by atoms with Gasteiger partial charge in [0.1, 0.15) is 5.75 Å². The summed E-state index contributed by atoms with van der Waals surface area (Å²) in [6, 6.07) is 7.61. The minimum atomic E-state index is -0.689. The Labute approximate surface area is 82.3 Å². The molecule has 14 heavy (non-hydrogen) atoms. The van der Waals surface area contributed by atoms with Crippen LogP contribution in [0.5, 0.6) is 5.75 Å². The van der Waals surface area contributed by atoms with E-state index in [4.69, 9.17) is 9.84 Å². The van der Waals surface area contributed by atoms with E-state index < -0.39 is 5.97 Å². The summed E-state index contributed by atoms with van der Waals surface area (Å²) in [4.78, 5) is 10.6. The number of ether oxygens (including phenoxy) is 1. The van der Waals surface area contributed by atoms with Gasteiger partial charge in [0.05, 0.1) is 13.0 Å². The molecule has 0 amide bonds. The van der Waals surface area contributed by atoms with Gasteiger partial charge in [-0.05, 0) is 30.0 Å². The summed E-state index contributed by atoms with van der Waals surface area (Å²) in [6.45, 7) is 0. The number of carbonyl (C=O) groups is 1. The van der Waals surface area contributed by atoms with Gasteiger partial charge < -0.3 is 9.84 Å². The molecule has 3 nitrogen and oxygen atoms in total. The van der Waals surface area contributed by atoms with Gasteiger partial charge >= 0.3 is 5.97 Å². The Kier molecular flexibility index (Phi) is 2.15. The molecule has 74 valence electrons. The molecule has 0 spiro atoms.